The first kappa shape index (κ1) is 12.4. The van der Waals surface area contributed by atoms with Crippen LogP contribution in [-0.2, 0) is 4.79 Å². The van der Waals surface area contributed by atoms with Gasteiger partial charge in [-0.1, -0.05) is 0 Å². The Hall–Kier alpha value is -2.01. The first-order chi connectivity index (χ1) is 8.52. The standard InChI is InChI=1S/C12H9ClN2O3/c1-6-2-3-7-9(16)4-8(15-10(17)5-13)12(18)11(7)14-6/h2-4H,5H2,1H3,(H,15,17). The molecule has 18 heavy (non-hydrogen) atoms. The monoisotopic (exact) mass is 264 g/mol. The van der Waals surface area contributed by atoms with Gasteiger partial charge in [-0.25, -0.2) is 4.98 Å². The van der Waals surface area contributed by atoms with Crippen LogP contribution in [0.25, 0.3) is 0 Å². The number of pyridine rings is 1. The first-order valence-corrected chi connectivity index (χ1v) is 5.70. The summed E-state index contributed by atoms with van der Waals surface area (Å²) >= 11 is 5.33. The van der Waals surface area contributed by atoms with Crippen LogP contribution in [0.4, 0.5) is 0 Å². The fourth-order valence-corrected chi connectivity index (χ4v) is 1.67. The number of hydrogen-bond acceptors (Lipinski definition) is 4. The van der Waals surface area contributed by atoms with Crippen LogP contribution in [0.1, 0.15) is 26.5 Å². The highest BCUT2D eigenvalue weighted by Gasteiger charge is 2.27. The lowest BCUT2D eigenvalue weighted by molar-refractivity contribution is -0.117. The van der Waals surface area contributed by atoms with E-state index in [0.717, 1.165) is 6.08 Å². The molecule has 0 spiro atoms. The molecule has 1 aliphatic rings. The number of Topliss-reactive ketones (excluding diaryl/α,β-unsaturated/α-hetero) is 1. The highest BCUT2D eigenvalue weighted by Crippen LogP contribution is 2.18. The van der Waals surface area contributed by atoms with E-state index in [1.165, 1.54) is 0 Å². The van der Waals surface area contributed by atoms with Crippen molar-refractivity contribution in [2.24, 2.45) is 0 Å². The summed E-state index contributed by atoms with van der Waals surface area (Å²) in [5.41, 5.74) is 0.845. The van der Waals surface area contributed by atoms with Crippen LogP contribution in [0.3, 0.4) is 0 Å². The van der Waals surface area contributed by atoms with Gasteiger partial charge in [-0.15, -0.1) is 11.6 Å². The second-order valence-corrected chi connectivity index (χ2v) is 4.05. The summed E-state index contributed by atoms with van der Waals surface area (Å²) in [6, 6.07) is 3.20. The van der Waals surface area contributed by atoms with Crippen molar-refractivity contribution in [1.82, 2.24) is 10.3 Å². The van der Waals surface area contributed by atoms with Gasteiger partial charge in [-0.05, 0) is 19.1 Å². The third-order valence-corrected chi connectivity index (χ3v) is 2.67. The lowest BCUT2D eigenvalue weighted by Crippen LogP contribution is -2.32. The molecule has 2 rings (SSSR count). The highest BCUT2D eigenvalue weighted by atomic mass is 35.5. The molecule has 0 aromatic carbocycles. The van der Waals surface area contributed by atoms with Gasteiger partial charge in [0.05, 0.1) is 11.3 Å². The molecule has 0 bridgehead atoms. The lowest BCUT2D eigenvalue weighted by atomic mass is 9.97. The van der Waals surface area contributed by atoms with Crippen LogP contribution in [0.5, 0.6) is 0 Å². The minimum atomic E-state index is -0.542. The number of allylic oxidation sites excluding steroid dienone is 2. The molecule has 1 aliphatic carbocycles. The Morgan fingerprint density at radius 1 is 1.39 bits per heavy atom. The van der Waals surface area contributed by atoms with Crippen molar-refractivity contribution < 1.29 is 14.4 Å². The van der Waals surface area contributed by atoms with E-state index in [1.54, 1.807) is 19.1 Å². The molecule has 5 nitrogen and oxygen atoms in total. The summed E-state index contributed by atoms with van der Waals surface area (Å²) in [7, 11) is 0. The molecule has 1 amide bonds. The number of carbonyl (C=O) groups is 3. The van der Waals surface area contributed by atoms with Gasteiger partial charge < -0.3 is 5.32 Å². The molecule has 1 heterocycles. The zero-order chi connectivity index (χ0) is 13.3. The number of nitrogens with one attached hydrogen (secondary N) is 1. The molecular formula is C12H9ClN2O3. The lowest BCUT2D eigenvalue weighted by Gasteiger charge is -2.14. The molecule has 0 aliphatic heterocycles. The van der Waals surface area contributed by atoms with E-state index in [4.69, 9.17) is 11.6 Å². The molecular weight excluding hydrogens is 256 g/mol. The Balaban J connectivity index is 2.42. The molecule has 1 aromatic heterocycles. The maximum atomic E-state index is 12.0. The predicted octanol–water partition coefficient (Wildman–Crippen LogP) is 1.01. The van der Waals surface area contributed by atoms with Crippen molar-refractivity contribution in [3.8, 4) is 0 Å². The molecule has 0 atom stereocenters. The van der Waals surface area contributed by atoms with Crippen LogP contribution < -0.4 is 5.32 Å². The van der Waals surface area contributed by atoms with Crippen LogP contribution in [0.15, 0.2) is 23.9 Å². The van der Waals surface area contributed by atoms with E-state index in [-0.39, 0.29) is 28.6 Å². The Labute approximate surface area is 108 Å². The molecule has 6 heteroatoms. The number of aromatic nitrogens is 1. The third kappa shape index (κ3) is 2.17. The summed E-state index contributed by atoms with van der Waals surface area (Å²) in [6.45, 7) is 1.72. The predicted molar refractivity (Wildman–Crippen MR) is 64.6 cm³/mol. The van der Waals surface area contributed by atoms with Crippen molar-refractivity contribution in [1.29, 1.82) is 0 Å². The van der Waals surface area contributed by atoms with E-state index in [1.807, 2.05) is 0 Å². The Morgan fingerprint density at radius 3 is 2.78 bits per heavy atom. The average molecular weight is 265 g/mol. The van der Waals surface area contributed by atoms with E-state index >= 15 is 0 Å². The molecule has 0 fully saturated rings. The van der Waals surface area contributed by atoms with Crippen molar-refractivity contribution in [2.75, 3.05) is 5.88 Å². The highest BCUT2D eigenvalue weighted by molar-refractivity contribution is 6.29. The summed E-state index contributed by atoms with van der Waals surface area (Å²) in [6.07, 6.45) is 1.09. The molecule has 0 unspecified atom stereocenters. The van der Waals surface area contributed by atoms with Crippen LogP contribution in [0, 0.1) is 6.92 Å². The maximum Gasteiger partial charge on any atom is 0.239 e. The van der Waals surface area contributed by atoms with Gasteiger partial charge in [0.15, 0.2) is 5.78 Å². The maximum absolute atomic E-state index is 12.0. The summed E-state index contributed by atoms with van der Waals surface area (Å²) in [4.78, 5) is 39.0. The van der Waals surface area contributed by atoms with E-state index in [0.29, 0.717) is 5.69 Å². The SMILES string of the molecule is Cc1ccc2c(n1)C(=O)C(NC(=O)CCl)=CC2=O. The fourth-order valence-electron chi connectivity index (χ4n) is 1.61. The number of fused-ring (bicyclic) bond motifs is 1. The minimum absolute atomic E-state index is 0.0624. The number of rotatable bonds is 2. The van der Waals surface area contributed by atoms with Gasteiger partial charge in [0.2, 0.25) is 11.7 Å². The Bertz CT molecular complexity index is 593. The molecule has 1 N–H and O–H groups in total. The van der Waals surface area contributed by atoms with Gasteiger partial charge in [0.1, 0.15) is 11.6 Å². The average Bonchev–Trinajstić information content (AvgIpc) is 2.35. The Kier molecular flexibility index (Phi) is 3.25. The number of halogens is 1. The number of aryl methyl sites for hydroxylation is 1. The largest absolute Gasteiger partial charge is 0.322 e. The van der Waals surface area contributed by atoms with Crippen molar-refractivity contribution in [2.45, 2.75) is 6.92 Å². The van der Waals surface area contributed by atoms with Crippen molar-refractivity contribution >= 4 is 29.1 Å². The summed E-state index contributed by atoms with van der Waals surface area (Å²) < 4.78 is 0. The van der Waals surface area contributed by atoms with Crippen LogP contribution in [-0.4, -0.2) is 28.3 Å². The molecule has 1 aromatic rings. The van der Waals surface area contributed by atoms with Gasteiger partial charge in [-0.3, -0.25) is 14.4 Å². The van der Waals surface area contributed by atoms with Gasteiger partial charge in [0.25, 0.3) is 0 Å². The Morgan fingerprint density at radius 2 is 2.11 bits per heavy atom. The molecule has 92 valence electrons. The molecule has 0 saturated heterocycles. The van der Waals surface area contributed by atoms with E-state index in [2.05, 4.69) is 10.3 Å². The van der Waals surface area contributed by atoms with Gasteiger partial charge >= 0.3 is 0 Å². The second kappa shape index (κ2) is 4.70. The second-order valence-electron chi connectivity index (χ2n) is 3.78. The molecule has 0 saturated carbocycles. The third-order valence-electron chi connectivity index (χ3n) is 2.43. The van der Waals surface area contributed by atoms with Gasteiger partial charge in [-0.2, -0.15) is 0 Å². The number of nitrogens with zero attached hydrogens (tertiary/aromatic N) is 1. The molecule has 0 radical (unpaired) electrons. The number of hydrogen-bond donors (Lipinski definition) is 1. The smallest absolute Gasteiger partial charge is 0.239 e. The number of amides is 1. The van der Waals surface area contributed by atoms with E-state index in [9.17, 15) is 14.4 Å². The first-order valence-electron chi connectivity index (χ1n) is 5.17. The quantitative estimate of drug-likeness (QED) is 0.809. The number of ketones is 2. The topological polar surface area (TPSA) is 76.1 Å². The number of alkyl halides is 1. The van der Waals surface area contributed by atoms with Crippen LogP contribution >= 0.6 is 11.6 Å². The van der Waals surface area contributed by atoms with Crippen LogP contribution in [0.2, 0.25) is 0 Å². The van der Waals surface area contributed by atoms with E-state index < -0.39 is 11.7 Å². The fraction of sp³-hybridized carbons (Fsp3) is 0.167. The zero-order valence-corrected chi connectivity index (χ0v) is 10.2. The minimum Gasteiger partial charge on any atom is -0.322 e. The number of carbonyl (C=O) groups excluding carboxylic acids is 3. The van der Waals surface area contributed by atoms with Gasteiger partial charge in [0, 0.05) is 11.8 Å². The summed E-state index contributed by atoms with van der Waals surface area (Å²) in [5, 5.41) is 2.29. The van der Waals surface area contributed by atoms with Crippen molar-refractivity contribution in [3.05, 3.63) is 40.9 Å². The normalized spacial score (nSPS) is 14.0. The van der Waals surface area contributed by atoms with Crippen molar-refractivity contribution in [3.63, 3.8) is 0 Å². The summed E-state index contributed by atoms with van der Waals surface area (Å²) in [5.74, 6) is -1.67. The zero-order valence-electron chi connectivity index (χ0n) is 9.49.